The third-order valence-electron chi connectivity index (χ3n) is 13.0. The molecule has 1 nitrogen and oxygen atoms in total. The van der Waals surface area contributed by atoms with Crippen molar-refractivity contribution in [2.24, 2.45) is 0 Å². The van der Waals surface area contributed by atoms with Crippen LogP contribution in [0, 0.1) is 0 Å². The Balaban J connectivity index is 0.967. The number of benzene rings is 9. The minimum Gasteiger partial charge on any atom is -0.309 e. The Morgan fingerprint density at radius 2 is 1.02 bits per heavy atom. The lowest BCUT2D eigenvalue weighted by Crippen LogP contribution is -2.28. The van der Waals surface area contributed by atoms with Gasteiger partial charge in [0, 0.05) is 16.5 Å². The molecule has 0 fully saturated rings. The van der Waals surface area contributed by atoms with Gasteiger partial charge in [0.15, 0.2) is 0 Å². The van der Waals surface area contributed by atoms with Crippen molar-refractivity contribution in [1.29, 1.82) is 0 Å². The first-order chi connectivity index (χ1) is 29.2. The molecule has 59 heavy (non-hydrogen) atoms. The van der Waals surface area contributed by atoms with Crippen LogP contribution < -0.4 is 0 Å². The van der Waals surface area contributed by atoms with Crippen molar-refractivity contribution in [3.05, 3.63) is 263 Å². The molecule has 2 aliphatic rings. The maximum absolute atomic E-state index is 4.55. The summed E-state index contributed by atoms with van der Waals surface area (Å²) in [6.07, 6.45) is 0.836. The van der Waals surface area contributed by atoms with E-state index in [4.69, 9.17) is 0 Å². The summed E-state index contributed by atoms with van der Waals surface area (Å²) in [5.41, 5.74) is 22.2. The lowest BCUT2D eigenvalue weighted by Gasteiger charge is -2.33. The molecule has 2 aliphatic carbocycles. The molecule has 0 saturated carbocycles. The van der Waals surface area contributed by atoms with Crippen LogP contribution in [0.5, 0.6) is 0 Å². The molecule has 0 saturated heterocycles. The molecular weight excluding hydrogens is 711 g/mol. The zero-order valence-corrected chi connectivity index (χ0v) is 32.6. The molecule has 0 spiro atoms. The Labute approximate surface area is 344 Å². The molecule has 0 N–H and O–H groups in total. The average molecular weight is 750 g/mol. The largest absolute Gasteiger partial charge is 0.309 e. The van der Waals surface area contributed by atoms with Gasteiger partial charge in [-0.2, -0.15) is 0 Å². The van der Waals surface area contributed by atoms with Crippen LogP contribution in [0.15, 0.2) is 219 Å². The monoisotopic (exact) mass is 749 g/mol. The molecule has 0 amide bonds. The van der Waals surface area contributed by atoms with E-state index in [1.54, 1.807) is 0 Å². The average Bonchev–Trinajstić information content (AvgIpc) is 3.91. The van der Waals surface area contributed by atoms with Crippen LogP contribution >= 0.6 is 0 Å². The highest BCUT2D eigenvalue weighted by molar-refractivity contribution is 6.10. The molecule has 1 aromatic heterocycles. The Bertz CT molecular complexity index is 3270. The highest BCUT2D eigenvalue weighted by Gasteiger charge is 2.46. The van der Waals surface area contributed by atoms with Gasteiger partial charge >= 0.3 is 0 Å². The summed E-state index contributed by atoms with van der Waals surface area (Å²) in [5, 5.41) is 2.51. The van der Waals surface area contributed by atoms with Crippen molar-refractivity contribution in [3.8, 4) is 39.1 Å². The topological polar surface area (TPSA) is 4.93 Å². The zero-order valence-electron chi connectivity index (χ0n) is 32.6. The van der Waals surface area contributed by atoms with Crippen molar-refractivity contribution in [2.45, 2.75) is 11.8 Å². The van der Waals surface area contributed by atoms with Crippen LogP contribution in [0.2, 0.25) is 0 Å². The summed E-state index contributed by atoms with van der Waals surface area (Å²) in [7, 11) is 0. The lowest BCUT2D eigenvalue weighted by molar-refractivity contribution is 0.768. The maximum atomic E-state index is 4.55. The van der Waals surface area contributed by atoms with Crippen LogP contribution in [-0.4, -0.2) is 4.57 Å². The molecule has 0 unspecified atom stereocenters. The fourth-order valence-corrected chi connectivity index (χ4v) is 10.5. The van der Waals surface area contributed by atoms with Crippen molar-refractivity contribution >= 4 is 27.4 Å². The quantitative estimate of drug-likeness (QED) is 0.160. The molecule has 10 aromatic rings. The standard InChI is InChI=1S/C58H39N/c1-38-46-23-8-9-24-47(46)50-27-15-17-42(57(38)50)34-39-16-14-22-45(35-39)59-55-29-13-11-26-49(55)52-37-41(31-33-56(52)59)40-30-32-54-51(36-40)48-25-10-12-28-53(48)58(54,43-18-4-2-5-19-43)44-20-6-3-7-21-44/h2-33,35-37H,1,34H2. The normalized spacial score (nSPS) is 13.3. The van der Waals surface area contributed by atoms with Crippen LogP contribution in [0.25, 0.3) is 66.4 Å². The van der Waals surface area contributed by atoms with Crippen LogP contribution in [0.1, 0.15) is 44.5 Å². The third kappa shape index (κ3) is 4.92. The molecule has 0 aliphatic heterocycles. The van der Waals surface area contributed by atoms with Crippen molar-refractivity contribution in [2.75, 3.05) is 0 Å². The SMILES string of the molecule is C=C1c2ccccc2-c2cccc(Cc3cccc(-n4c5ccccc5c5cc(-c6ccc7c(c6)-c6ccccc6C7(c6ccccc6)c6ccccc6)ccc54)c3)c21. The predicted molar refractivity (Wildman–Crippen MR) is 246 cm³/mol. The van der Waals surface area contributed by atoms with Gasteiger partial charge in [-0.25, -0.2) is 0 Å². The summed E-state index contributed by atoms with van der Waals surface area (Å²) in [5.74, 6) is 0. The zero-order chi connectivity index (χ0) is 39.1. The van der Waals surface area contributed by atoms with Gasteiger partial charge in [0.2, 0.25) is 0 Å². The summed E-state index contributed by atoms with van der Waals surface area (Å²) < 4.78 is 2.44. The molecule has 1 heteroatoms. The minimum atomic E-state index is -0.404. The molecule has 12 rings (SSSR count). The number of aromatic nitrogens is 1. The van der Waals surface area contributed by atoms with E-state index in [0.717, 1.165) is 12.0 Å². The highest BCUT2D eigenvalue weighted by atomic mass is 15.0. The summed E-state index contributed by atoms with van der Waals surface area (Å²) in [6.45, 7) is 4.55. The van der Waals surface area contributed by atoms with Crippen LogP contribution in [-0.2, 0) is 11.8 Å². The van der Waals surface area contributed by atoms with Gasteiger partial charge in [-0.05, 0) is 126 Å². The van der Waals surface area contributed by atoms with E-state index in [0.29, 0.717) is 0 Å². The van der Waals surface area contributed by atoms with Gasteiger partial charge < -0.3 is 4.57 Å². The van der Waals surface area contributed by atoms with Gasteiger partial charge in [0.1, 0.15) is 0 Å². The van der Waals surface area contributed by atoms with E-state index in [2.05, 4.69) is 223 Å². The lowest BCUT2D eigenvalue weighted by atomic mass is 9.67. The van der Waals surface area contributed by atoms with Crippen LogP contribution in [0.3, 0.4) is 0 Å². The molecule has 276 valence electrons. The van der Waals surface area contributed by atoms with E-state index >= 15 is 0 Å². The molecule has 0 bridgehead atoms. The van der Waals surface area contributed by atoms with E-state index in [1.165, 1.54) is 105 Å². The molecule has 0 atom stereocenters. The summed E-state index contributed by atoms with van der Waals surface area (Å²) >= 11 is 0. The fourth-order valence-electron chi connectivity index (χ4n) is 10.5. The maximum Gasteiger partial charge on any atom is 0.0713 e. The number of rotatable bonds is 6. The van der Waals surface area contributed by atoms with Crippen molar-refractivity contribution in [3.63, 3.8) is 0 Å². The second-order valence-corrected chi connectivity index (χ2v) is 16.1. The van der Waals surface area contributed by atoms with Gasteiger partial charge in [0.25, 0.3) is 0 Å². The fraction of sp³-hybridized carbons (Fsp3) is 0.0345. The van der Waals surface area contributed by atoms with E-state index in [9.17, 15) is 0 Å². The number of fused-ring (bicyclic) bond motifs is 9. The second kappa shape index (κ2) is 13.0. The van der Waals surface area contributed by atoms with Gasteiger partial charge in [0.05, 0.1) is 16.4 Å². The predicted octanol–water partition coefficient (Wildman–Crippen LogP) is 14.4. The summed E-state index contributed by atoms with van der Waals surface area (Å²) in [6, 6.07) is 78.5. The Kier molecular flexibility index (Phi) is 7.43. The first-order valence-electron chi connectivity index (χ1n) is 20.6. The molecular formula is C58H39N. The molecule has 1 heterocycles. The Morgan fingerprint density at radius 3 is 1.83 bits per heavy atom. The van der Waals surface area contributed by atoms with Gasteiger partial charge in [-0.1, -0.05) is 183 Å². The summed E-state index contributed by atoms with van der Waals surface area (Å²) in [4.78, 5) is 0. The van der Waals surface area contributed by atoms with E-state index in [-0.39, 0.29) is 0 Å². The minimum absolute atomic E-state index is 0.404. The number of hydrogen-bond acceptors (Lipinski definition) is 0. The number of nitrogens with zero attached hydrogens (tertiary/aromatic N) is 1. The van der Waals surface area contributed by atoms with Crippen molar-refractivity contribution in [1.82, 2.24) is 4.57 Å². The Hall–Kier alpha value is -7.48. The van der Waals surface area contributed by atoms with Gasteiger partial charge in [-0.15, -0.1) is 0 Å². The van der Waals surface area contributed by atoms with E-state index in [1.807, 2.05) is 0 Å². The first-order valence-corrected chi connectivity index (χ1v) is 20.6. The van der Waals surface area contributed by atoms with Crippen LogP contribution in [0.4, 0.5) is 0 Å². The van der Waals surface area contributed by atoms with E-state index < -0.39 is 5.41 Å². The van der Waals surface area contributed by atoms with Gasteiger partial charge in [-0.3, -0.25) is 0 Å². The third-order valence-corrected chi connectivity index (χ3v) is 13.0. The highest BCUT2D eigenvalue weighted by Crippen LogP contribution is 2.56. The smallest absolute Gasteiger partial charge is 0.0713 e. The second-order valence-electron chi connectivity index (χ2n) is 16.1. The van der Waals surface area contributed by atoms with Crippen molar-refractivity contribution < 1.29 is 0 Å². The number of para-hydroxylation sites is 1. The molecule has 9 aromatic carbocycles. The number of hydrogen-bond donors (Lipinski definition) is 0. The first kappa shape index (κ1) is 33.6. The molecule has 0 radical (unpaired) electrons. The Morgan fingerprint density at radius 1 is 0.407 bits per heavy atom.